The largest absolute Gasteiger partial charge is 0.494 e. The van der Waals surface area contributed by atoms with Crippen LogP contribution in [0.4, 0.5) is 0 Å². The van der Waals surface area contributed by atoms with Gasteiger partial charge in [0.15, 0.2) is 0 Å². The lowest BCUT2D eigenvalue weighted by atomic mass is 9.98. The van der Waals surface area contributed by atoms with Crippen LogP contribution in [0, 0.1) is 0 Å². The molecule has 0 N–H and O–H groups in total. The Bertz CT molecular complexity index is 270. The summed E-state index contributed by atoms with van der Waals surface area (Å²) < 4.78 is 5.42. The van der Waals surface area contributed by atoms with E-state index in [9.17, 15) is 0 Å². The minimum Gasteiger partial charge on any atom is -0.494 e. The van der Waals surface area contributed by atoms with E-state index in [1.165, 1.54) is 31.2 Å². The zero-order chi connectivity index (χ0) is 9.80. The van der Waals surface area contributed by atoms with Gasteiger partial charge in [-0.15, -0.1) is 0 Å². The molecule has 0 heterocycles. The van der Waals surface area contributed by atoms with E-state index < -0.39 is 0 Å². The normalized spacial score (nSPS) is 17.2. The first-order valence-electron chi connectivity index (χ1n) is 5.63. The molecule has 1 aromatic rings. The van der Waals surface area contributed by atoms with Crippen molar-refractivity contribution >= 4 is 0 Å². The fourth-order valence-electron chi connectivity index (χ4n) is 2.26. The second kappa shape index (κ2) is 4.50. The summed E-state index contributed by atoms with van der Waals surface area (Å²) in [7, 11) is 0. The number of hydrogen-bond acceptors (Lipinski definition) is 1. The second-order valence-corrected chi connectivity index (χ2v) is 3.98. The molecular weight excluding hydrogens is 172 g/mol. The Labute approximate surface area is 86.1 Å². The molecule has 1 heteroatoms. The van der Waals surface area contributed by atoms with E-state index in [1.54, 1.807) is 0 Å². The van der Waals surface area contributed by atoms with Gasteiger partial charge in [-0.1, -0.05) is 25.0 Å². The van der Waals surface area contributed by atoms with Gasteiger partial charge in [-0.2, -0.15) is 0 Å². The van der Waals surface area contributed by atoms with Gasteiger partial charge < -0.3 is 4.74 Å². The molecule has 0 radical (unpaired) electrons. The van der Waals surface area contributed by atoms with Crippen LogP contribution in [-0.2, 0) is 0 Å². The SMILES string of the molecule is CCOc1ccc(C2CCCC2)cc1. The average Bonchev–Trinajstić information content (AvgIpc) is 2.72. The molecule has 1 aromatic carbocycles. The Morgan fingerprint density at radius 3 is 2.36 bits per heavy atom. The molecular formula is C13H18O. The van der Waals surface area contributed by atoms with E-state index in [1.807, 2.05) is 6.92 Å². The molecule has 0 bridgehead atoms. The van der Waals surface area contributed by atoms with E-state index in [0.717, 1.165) is 18.3 Å². The van der Waals surface area contributed by atoms with Gasteiger partial charge in [0, 0.05) is 0 Å². The summed E-state index contributed by atoms with van der Waals surface area (Å²) in [4.78, 5) is 0. The monoisotopic (exact) mass is 190 g/mol. The minimum atomic E-state index is 0.753. The maximum absolute atomic E-state index is 5.42. The van der Waals surface area contributed by atoms with E-state index in [0.29, 0.717) is 0 Å². The number of hydrogen-bond donors (Lipinski definition) is 0. The fourth-order valence-corrected chi connectivity index (χ4v) is 2.26. The molecule has 14 heavy (non-hydrogen) atoms. The van der Waals surface area contributed by atoms with E-state index in [-0.39, 0.29) is 0 Å². The lowest BCUT2D eigenvalue weighted by Crippen LogP contribution is -1.94. The molecule has 0 unspecified atom stereocenters. The van der Waals surface area contributed by atoms with Crippen LogP contribution >= 0.6 is 0 Å². The summed E-state index contributed by atoms with van der Waals surface area (Å²) in [6, 6.07) is 8.64. The Kier molecular flexibility index (Phi) is 3.07. The van der Waals surface area contributed by atoms with Gasteiger partial charge in [0.1, 0.15) is 5.75 Å². The van der Waals surface area contributed by atoms with Crippen molar-refractivity contribution in [3.63, 3.8) is 0 Å². The van der Waals surface area contributed by atoms with Crippen LogP contribution in [0.25, 0.3) is 0 Å². The van der Waals surface area contributed by atoms with E-state index in [2.05, 4.69) is 24.3 Å². The zero-order valence-corrected chi connectivity index (χ0v) is 8.83. The summed E-state index contributed by atoms with van der Waals surface area (Å²) in [5.74, 6) is 1.81. The van der Waals surface area contributed by atoms with Crippen molar-refractivity contribution in [2.24, 2.45) is 0 Å². The van der Waals surface area contributed by atoms with E-state index >= 15 is 0 Å². The van der Waals surface area contributed by atoms with Crippen LogP contribution in [-0.4, -0.2) is 6.61 Å². The highest BCUT2D eigenvalue weighted by Crippen LogP contribution is 2.34. The van der Waals surface area contributed by atoms with Gasteiger partial charge in [-0.25, -0.2) is 0 Å². The van der Waals surface area contributed by atoms with Crippen molar-refractivity contribution in [2.75, 3.05) is 6.61 Å². The summed E-state index contributed by atoms with van der Waals surface area (Å²) in [5, 5.41) is 0. The van der Waals surface area contributed by atoms with Crippen molar-refractivity contribution in [3.05, 3.63) is 29.8 Å². The van der Waals surface area contributed by atoms with Crippen molar-refractivity contribution in [1.29, 1.82) is 0 Å². The Hall–Kier alpha value is -0.980. The maximum atomic E-state index is 5.42. The number of benzene rings is 1. The second-order valence-electron chi connectivity index (χ2n) is 3.98. The molecule has 1 nitrogen and oxygen atoms in total. The molecule has 0 atom stereocenters. The Morgan fingerprint density at radius 2 is 1.79 bits per heavy atom. The van der Waals surface area contributed by atoms with Gasteiger partial charge >= 0.3 is 0 Å². The van der Waals surface area contributed by atoms with Gasteiger partial charge in [0.25, 0.3) is 0 Å². The highest BCUT2D eigenvalue weighted by molar-refractivity contribution is 5.29. The fraction of sp³-hybridized carbons (Fsp3) is 0.538. The highest BCUT2D eigenvalue weighted by Gasteiger charge is 2.16. The van der Waals surface area contributed by atoms with Crippen LogP contribution < -0.4 is 4.74 Å². The van der Waals surface area contributed by atoms with Crippen molar-refractivity contribution in [1.82, 2.24) is 0 Å². The van der Waals surface area contributed by atoms with E-state index in [4.69, 9.17) is 4.74 Å². The molecule has 0 amide bonds. The molecule has 0 aliphatic heterocycles. The van der Waals surface area contributed by atoms with Crippen molar-refractivity contribution in [2.45, 2.75) is 38.5 Å². The molecule has 1 saturated carbocycles. The third-order valence-electron chi connectivity index (χ3n) is 3.02. The Balaban J connectivity index is 2.05. The predicted octanol–water partition coefficient (Wildman–Crippen LogP) is 3.74. The summed E-state index contributed by atoms with van der Waals surface area (Å²) in [5.41, 5.74) is 1.49. The third-order valence-corrected chi connectivity index (χ3v) is 3.02. The van der Waals surface area contributed by atoms with Gasteiger partial charge in [-0.3, -0.25) is 0 Å². The van der Waals surface area contributed by atoms with Crippen LogP contribution in [0.3, 0.4) is 0 Å². The van der Waals surface area contributed by atoms with Gasteiger partial charge in [0.2, 0.25) is 0 Å². The molecule has 1 fully saturated rings. The van der Waals surface area contributed by atoms with Crippen LogP contribution in [0.15, 0.2) is 24.3 Å². The smallest absolute Gasteiger partial charge is 0.119 e. The maximum Gasteiger partial charge on any atom is 0.119 e. The minimum absolute atomic E-state index is 0.753. The quantitative estimate of drug-likeness (QED) is 0.705. The van der Waals surface area contributed by atoms with Crippen molar-refractivity contribution in [3.8, 4) is 5.75 Å². The van der Waals surface area contributed by atoms with Gasteiger partial charge in [0.05, 0.1) is 6.61 Å². The summed E-state index contributed by atoms with van der Waals surface area (Å²) in [6.07, 6.45) is 5.54. The first-order valence-corrected chi connectivity index (χ1v) is 5.63. The highest BCUT2D eigenvalue weighted by atomic mass is 16.5. The lowest BCUT2D eigenvalue weighted by Gasteiger charge is -2.10. The molecule has 0 saturated heterocycles. The van der Waals surface area contributed by atoms with Crippen molar-refractivity contribution < 1.29 is 4.74 Å². The summed E-state index contributed by atoms with van der Waals surface area (Å²) in [6.45, 7) is 2.77. The molecule has 0 aromatic heterocycles. The van der Waals surface area contributed by atoms with Gasteiger partial charge in [-0.05, 0) is 43.4 Å². The predicted molar refractivity (Wildman–Crippen MR) is 58.8 cm³/mol. The Morgan fingerprint density at radius 1 is 1.14 bits per heavy atom. The van der Waals surface area contributed by atoms with Crippen LogP contribution in [0.1, 0.15) is 44.1 Å². The molecule has 76 valence electrons. The average molecular weight is 190 g/mol. The number of rotatable bonds is 3. The lowest BCUT2D eigenvalue weighted by molar-refractivity contribution is 0.340. The number of ether oxygens (including phenoxy) is 1. The molecule has 0 spiro atoms. The molecule has 1 aliphatic rings. The summed E-state index contributed by atoms with van der Waals surface area (Å²) >= 11 is 0. The third kappa shape index (κ3) is 2.09. The molecule has 2 rings (SSSR count). The first kappa shape index (κ1) is 9.57. The molecule has 1 aliphatic carbocycles. The van der Waals surface area contributed by atoms with Crippen LogP contribution in [0.2, 0.25) is 0 Å². The standard InChI is InChI=1S/C13H18O/c1-2-14-13-9-7-12(8-10-13)11-5-3-4-6-11/h7-11H,2-6H2,1H3. The van der Waals surface area contributed by atoms with Crippen LogP contribution in [0.5, 0.6) is 5.75 Å². The topological polar surface area (TPSA) is 9.23 Å². The first-order chi connectivity index (χ1) is 6.90. The zero-order valence-electron chi connectivity index (χ0n) is 8.83.